The van der Waals surface area contributed by atoms with E-state index >= 15 is 0 Å². The number of hydrogen-bond acceptors (Lipinski definition) is 5. The molecule has 1 aromatic carbocycles. The van der Waals surface area contributed by atoms with Gasteiger partial charge >= 0.3 is 5.97 Å². The Hall–Kier alpha value is -1.89. The van der Waals surface area contributed by atoms with Crippen molar-refractivity contribution in [3.8, 4) is 11.5 Å². The molecule has 1 aliphatic rings. The van der Waals surface area contributed by atoms with Crippen molar-refractivity contribution in [3.63, 3.8) is 0 Å². The molecule has 0 spiro atoms. The number of amides is 1. The summed E-state index contributed by atoms with van der Waals surface area (Å²) in [6.45, 7) is -0.0790. The first-order valence-electron chi connectivity index (χ1n) is 7.83. The summed E-state index contributed by atoms with van der Waals surface area (Å²) >= 11 is 1.84. The molecule has 1 heterocycles. The first-order valence-corrected chi connectivity index (χ1v) is 8.99. The minimum atomic E-state index is -1.01. The van der Waals surface area contributed by atoms with Crippen LogP contribution < -0.4 is 9.47 Å². The van der Waals surface area contributed by atoms with Crippen LogP contribution in [0.4, 0.5) is 0 Å². The third-order valence-corrected chi connectivity index (χ3v) is 5.04. The van der Waals surface area contributed by atoms with Crippen molar-refractivity contribution in [2.45, 2.75) is 19.4 Å². The number of carbonyl (C=O) groups excluding carboxylic acids is 1. The van der Waals surface area contributed by atoms with Crippen molar-refractivity contribution < 1.29 is 24.2 Å². The Bertz CT molecular complexity index is 564. The summed E-state index contributed by atoms with van der Waals surface area (Å²) in [6.07, 6.45) is 1.61. The number of carboxylic acid groups (broad SMARTS) is 1. The number of methoxy groups -OCH3 is 2. The van der Waals surface area contributed by atoms with E-state index in [4.69, 9.17) is 14.6 Å². The average molecular weight is 353 g/mol. The van der Waals surface area contributed by atoms with Crippen LogP contribution in [0.15, 0.2) is 18.2 Å². The Balaban J connectivity index is 2.18. The van der Waals surface area contributed by atoms with Crippen LogP contribution in [-0.4, -0.2) is 54.2 Å². The summed E-state index contributed by atoms with van der Waals surface area (Å²) in [6, 6.07) is 5.33. The first kappa shape index (κ1) is 18.4. The van der Waals surface area contributed by atoms with E-state index in [0.717, 1.165) is 29.9 Å². The molecule has 2 rings (SSSR count). The lowest BCUT2D eigenvalue weighted by atomic mass is 10.0. The Kier molecular flexibility index (Phi) is 6.78. The van der Waals surface area contributed by atoms with Gasteiger partial charge in [0.05, 0.1) is 14.2 Å². The summed E-state index contributed by atoms with van der Waals surface area (Å²) in [7, 11) is 3.11. The van der Waals surface area contributed by atoms with Gasteiger partial charge in [-0.25, -0.2) is 0 Å². The van der Waals surface area contributed by atoms with Crippen molar-refractivity contribution >= 4 is 23.6 Å². The highest BCUT2D eigenvalue weighted by molar-refractivity contribution is 7.99. The van der Waals surface area contributed by atoms with Gasteiger partial charge < -0.3 is 19.5 Å². The molecule has 0 aromatic heterocycles. The summed E-state index contributed by atoms with van der Waals surface area (Å²) in [5, 5.41) is 9.16. The van der Waals surface area contributed by atoms with E-state index in [2.05, 4.69) is 0 Å². The van der Waals surface area contributed by atoms with E-state index in [9.17, 15) is 9.59 Å². The third-order valence-electron chi connectivity index (χ3n) is 3.99. The van der Waals surface area contributed by atoms with Gasteiger partial charge in [-0.3, -0.25) is 9.59 Å². The van der Waals surface area contributed by atoms with Gasteiger partial charge in [0.25, 0.3) is 0 Å². The van der Waals surface area contributed by atoms with E-state index in [1.165, 1.54) is 4.90 Å². The number of hydrogen-bond donors (Lipinski definition) is 1. The second kappa shape index (κ2) is 8.82. The Morgan fingerprint density at radius 1 is 1.17 bits per heavy atom. The molecular formula is C17H23NO5S. The zero-order valence-corrected chi connectivity index (χ0v) is 14.8. The number of carbonyl (C=O) groups is 2. The number of aliphatic carboxylic acids is 1. The highest BCUT2D eigenvalue weighted by atomic mass is 32.2. The molecule has 1 amide bonds. The molecule has 0 radical (unpaired) electrons. The van der Waals surface area contributed by atoms with Crippen molar-refractivity contribution in [1.29, 1.82) is 0 Å². The lowest BCUT2D eigenvalue weighted by Crippen LogP contribution is -2.40. The summed E-state index contributed by atoms with van der Waals surface area (Å²) in [5.74, 6) is 1.94. The van der Waals surface area contributed by atoms with Crippen LogP contribution in [0.25, 0.3) is 0 Å². The predicted octanol–water partition coefficient (Wildman–Crippen LogP) is 2.26. The minimum Gasteiger partial charge on any atom is -0.497 e. The maximum absolute atomic E-state index is 12.7. The maximum Gasteiger partial charge on any atom is 0.323 e. The van der Waals surface area contributed by atoms with Crippen LogP contribution in [0, 0.1) is 5.92 Å². The van der Waals surface area contributed by atoms with Gasteiger partial charge in [-0.2, -0.15) is 11.8 Å². The molecule has 1 aliphatic heterocycles. The molecule has 24 heavy (non-hydrogen) atoms. The van der Waals surface area contributed by atoms with Gasteiger partial charge in [-0.05, 0) is 42.0 Å². The van der Waals surface area contributed by atoms with Crippen LogP contribution >= 0.6 is 11.8 Å². The first-order chi connectivity index (χ1) is 11.5. The Morgan fingerprint density at radius 2 is 1.75 bits per heavy atom. The van der Waals surface area contributed by atoms with E-state index in [-0.39, 0.29) is 24.9 Å². The van der Waals surface area contributed by atoms with Gasteiger partial charge in [0.2, 0.25) is 5.91 Å². The van der Waals surface area contributed by atoms with E-state index in [1.54, 1.807) is 32.4 Å². The molecule has 0 aliphatic carbocycles. The fourth-order valence-corrected chi connectivity index (χ4v) is 3.86. The van der Waals surface area contributed by atoms with Gasteiger partial charge in [0.1, 0.15) is 18.0 Å². The molecule has 0 saturated carbocycles. The average Bonchev–Trinajstić information content (AvgIpc) is 2.60. The SMILES string of the molecule is COc1cc(CN(CC(=O)O)C(=O)C2CCSCC2)cc(OC)c1. The maximum atomic E-state index is 12.7. The lowest BCUT2D eigenvalue weighted by Gasteiger charge is -2.28. The fourth-order valence-electron chi connectivity index (χ4n) is 2.76. The fraction of sp³-hybridized carbons (Fsp3) is 0.529. The smallest absolute Gasteiger partial charge is 0.323 e. The number of benzene rings is 1. The van der Waals surface area contributed by atoms with Crippen LogP contribution in [-0.2, 0) is 16.1 Å². The van der Waals surface area contributed by atoms with E-state index in [1.807, 2.05) is 11.8 Å². The molecule has 6 nitrogen and oxygen atoms in total. The Labute approximate surface area is 146 Å². The van der Waals surface area contributed by atoms with E-state index in [0.29, 0.717) is 11.5 Å². The molecule has 1 fully saturated rings. The second-order valence-corrected chi connectivity index (χ2v) is 6.92. The zero-order valence-electron chi connectivity index (χ0n) is 14.0. The number of rotatable bonds is 7. The molecule has 132 valence electrons. The Morgan fingerprint density at radius 3 is 2.25 bits per heavy atom. The predicted molar refractivity (Wildman–Crippen MR) is 92.6 cm³/mol. The summed E-state index contributed by atoms with van der Waals surface area (Å²) < 4.78 is 10.5. The van der Waals surface area contributed by atoms with Gasteiger partial charge in [-0.15, -0.1) is 0 Å². The van der Waals surface area contributed by atoms with Gasteiger partial charge in [0.15, 0.2) is 0 Å². The number of carboxylic acids is 1. The topological polar surface area (TPSA) is 76.1 Å². The summed E-state index contributed by atoms with van der Waals surface area (Å²) in [4.78, 5) is 25.3. The van der Waals surface area contributed by atoms with Crippen molar-refractivity contribution in [2.24, 2.45) is 5.92 Å². The quantitative estimate of drug-likeness (QED) is 0.810. The van der Waals surface area contributed by atoms with Crippen molar-refractivity contribution in [1.82, 2.24) is 4.90 Å². The lowest BCUT2D eigenvalue weighted by molar-refractivity contribution is -0.147. The normalized spacial score (nSPS) is 14.9. The van der Waals surface area contributed by atoms with Crippen LogP contribution in [0.3, 0.4) is 0 Å². The largest absolute Gasteiger partial charge is 0.497 e. The number of thioether (sulfide) groups is 1. The van der Waals surface area contributed by atoms with Crippen LogP contribution in [0.2, 0.25) is 0 Å². The molecule has 1 N–H and O–H groups in total. The second-order valence-electron chi connectivity index (χ2n) is 5.70. The molecule has 0 unspecified atom stereocenters. The van der Waals surface area contributed by atoms with Gasteiger partial charge in [0, 0.05) is 18.5 Å². The van der Waals surface area contributed by atoms with E-state index < -0.39 is 5.97 Å². The monoisotopic (exact) mass is 353 g/mol. The molecule has 0 atom stereocenters. The van der Waals surface area contributed by atoms with Gasteiger partial charge in [-0.1, -0.05) is 0 Å². The third kappa shape index (κ3) is 5.06. The standard InChI is InChI=1S/C17H23NO5S/c1-22-14-7-12(8-15(9-14)23-2)10-18(11-16(19)20)17(21)13-3-5-24-6-4-13/h7-9,13H,3-6,10-11H2,1-2H3,(H,19,20). The molecule has 7 heteroatoms. The summed E-state index contributed by atoms with van der Waals surface area (Å²) in [5.41, 5.74) is 0.783. The number of nitrogens with zero attached hydrogens (tertiary/aromatic N) is 1. The minimum absolute atomic E-state index is 0.0838. The highest BCUT2D eigenvalue weighted by Crippen LogP contribution is 2.27. The van der Waals surface area contributed by atoms with Crippen LogP contribution in [0.5, 0.6) is 11.5 Å². The highest BCUT2D eigenvalue weighted by Gasteiger charge is 2.27. The molecular weight excluding hydrogens is 330 g/mol. The van der Waals surface area contributed by atoms with Crippen LogP contribution in [0.1, 0.15) is 18.4 Å². The molecule has 0 bridgehead atoms. The number of ether oxygens (including phenoxy) is 2. The zero-order chi connectivity index (χ0) is 17.5. The molecule has 1 saturated heterocycles. The molecule has 1 aromatic rings. The van der Waals surface area contributed by atoms with Crippen molar-refractivity contribution in [3.05, 3.63) is 23.8 Å². The van der Waals surface area contributed by atoms with Crippen molar-refractivity contribution in [2.75, 3.05) is 32.3 Å².